The van der Waals surface area contributed by atoms with Gasteiger partial charge in [0.05, 0.1) is 17.6 Å². The summed E-state index contributed by atoms with van der Waals surface area (Å²) in [5.41, 5.74) is 10.5. The molecular weight excluding hydrogens is 418 g/mol. The molecule has 10 heteroatoms. The van der Waals surface area contributed by atoms with Gasteiger partial charge in [-0.3, -0.25) is 19.7 Å². The molecule has 0 atom stereocenters. The Hall–Kier alpha value is -4.73. The van der Waals surface area contributed by atoms with Crippen molar-refractivity contribution in [3.63, 3.8) is 0 Å². The van der Waals surface area contributed by atoms with Gasteiger partial charge in [0, 0.05) is 53.2 Å². The van der Waals surface area contributed by atoms with Gasteiger partial charge in [-0.2, -0.15) is 4.98 Å². The zero-order valence-corrected chi connectivity index (χ0v) is 17.7. The molecule has 5 aromatic rings. The van der Waals surface area contributed by atoms with E-state index in [0.717, 1.165) is 22.2 Å². The van der Waals surface area contributed by atoms with E-state index in [1.54, 1.807) is 47.8 Å². The van der Waals surface area contributed by atoms with Gasteiger partial charge in [0.15, 0.2) is 0 Å². The summed E-state index contributed by atoms with van der Waals surface area (Å²) in [4.78, 5) is 38.3. The van der Waals surface area contributed by atoms with Crippen molar-refractivity contribution < 1.29 is 4.79 Å². The van der Waals surface area contributed by atoms with Crippen LogP contribution in [0.15, 0.2) is 67.5 Å². The zero-order chi connectivity index (χ0) is 22.8. The van der Waals surface area contributed by atoms with Crippen LogP contribution in [-0.2, 0) is 11.3 Å². The molecule has 5 heterocycles. The maximum Gasteiger partial charge on any atom is 0.245 e. The van der Waals surface area contributed by atoms with Gasteiger partial charge in [0.1, 0.15) is 18.0 Å². The molecule has 0 unspecified atom stereocenters. The molecule has 5 rings (SSSR count). The van der Waals surface area contributed by atoms with Gasteiger partial charge in [0.2, 0.25) is 11.9 Å². The lowest BCUT2D eigenvalue weighted by Crippen LogP contribution is -2.19. The number of amides is 1. The van der Waals surface area contributed by atoms with Crippen molar-refractivity contribution in [1.82, 2.24) is 34.5 Å². The van der Waals surface area contributed by atoms with E-state index in [4.69, 9.17) is 5.73 Å². The van der Waals surface area contributed by atoms with Crippen molar-refractivity contribution in [2.45, 2.75) is 13.5 Å². The van der Waals surface area contributed by atoms with Crippen molar-refractivity contribution in [1.29, 1.82) is 0 Å². The minimum Gasteiger partial charge on any atom is -0.368 e. The summed E-state index contributed by atoms with van der Waals surface area (Å²) in [6.07, 6.45) is 10.0. The number of hydrogen-bond acceptors (Lipinski definition) is 8. The predicted molar refractivity (Wildman–Crippen MR) is 124 cm³/mol. The summed E-state index contributed by atoms with van der Waals surface area (Å²) < 4.78 is 1.73. The smallest absolute Gasteiger partial charge is 0.245 e. The largest absolute Gasteiger partial charge is 0.368 e. The average molecular weight is 437 g/mol. The molecule has 0 fully saturated rings. The minimum absolute atomic E-state index is 0.0440. The van der Waals surface area contributed by atoms with Gasteiger partial charge in [-0.1, -0.05) is 0 Å². The number of hydrogen-bond donors (Lipinski definition) is 2. The molecule has 1 amide bonds. The van der Waals surface area contributed by atoms with E-state index in [-0.39, 0.29) is 18.4 Å². The molecule has 0 aliphatic heterocycles. The van der Waals surface area contributed by atoms with Crippen LogP contribution in [0.2, 0.25) is 0 Å². The molecule has 0 saturated carbocycles. The lowest BCUT2D eigenvalue weighted by atomic mass is 10.1. The van der Waals surface area contributed by atoms with Gasteiger partial charge in [-0.15, -0.1) is 0 Å². The van der Waals surface area contributed by atoms with Crippen molar-refractivity contribution in [2.24, 2.45) is 0 Å². The first-order chi connectivity index (χ1) is 16.1. The summed E-state index contributed by atoms with van der Waals surface area (Å²) in [5.74, 6) is 0.325. The van der Waals surface area contributed by atoms with Gasteiger partial charge in [-0.05, 0) is 37.3 Å². The standard InChI is InChI=1S/C23H19N9O/c1-14-10-15(4-6-26-14)21-17-5-9-32(22(17)31-23(24)30-21)13-20(33)29-19-3-2-16(11-28-19)18-12-25-7-8-27-18/h2-12H,13H2,1H3,(H2,24,30,31)(H,28,29,33). The Morgan fingerprint density at radius 2 is 1.91 bits per heavy atom. The Kier molecular flexibility index (Phi) is 5.15. The lowest BCUT2D eigenvalue weighted by Gasteiger charge is -2.09. The second-order valence-electron chi connectivity index (χ2n) is 7.37. The van der Waals surface area contributed by atoms with E-state index in [0.29, 0.717) is 22.9 Å². The number of nitrogens with one attached hydrogen (secondary N) is 1. The lowest BCUT2D eigenvalue weighted by molar-refractivity contribution is -0.116. The van der Waals surface area contributed by atoms with Crippen molar-refractivity contribution in [3.05, 3.63) is 73.2 Å². The second-order valence-corrected chi connectivity index (χ2v) is 7.37. The second kappa shape index (κ2) is 8.42. The Morgan fingerprint density at radius 1 is 1.00 bits per heavy atom. The molecule has 10 nitrogen and oxygen atoms in total. The van der Waals surface area contributed by atoms with Gasteiger partial charge in [-0.25, -0.2) is 9.97 Å². The molecule has 0 bridgehead atoms. The number of carbonyl (C=O) groups excluding carboxylic acids is 1. The van der Waals surface area contributed by atoms with E-state index in [1.165, 1.54) is 0 Å². The molecule has 3 N–H and O–H groups in total. The predicted octanol–water partition coefficient (Wildman–Crippen LogP) is 2.87. The van der Waals surface area contributed by atoms with Crippen LogP contribution in [0, 0.1) is 6.92 Å². The number of aromatic nitrogens is 7. The molecule has 0 aliphatic rings. The first-order valence-corrected chi connectivity index (χ1v) is 10.1. The van der Waals surface area contributed by atoms with E-state index < -0.39 is 0 Å². The molecule has 0 spiro atoms. The molecular formula is C23H19N9O. The monoisotopic (exact) mass is 437 g/mol. The summed E-state index contributed by atoms with van der Waals surface area (Å²) >= 11 is 0. The number of fused-ring (bicyclic) bond motifs is 1. The Bertz CT molecular complexity index is 1450. The highest BCUT2D eigenvalue weighted by atomic mass is 16.2. The number of pyridine rings is 2. The van der Waals surface area contributed by atoms with Gasteiger partial charge < -0.3 is 15.6 Å². The average Bonchev–Trinajstić information content (AvgIpc) is 3.21. The van der Waals surface area contributed by atoms with Crippen molar-refractivity contribution in [2.75, 3.05) is 11.1 Å². The number of nitrogens with two attached hydrogens (primary N) is 1. The number of rotatable bonds is 5. The van der Waals surface area contributed by atoms with Crippen molar-refractivity contribution in [3.8, 4) is 22.5 Å². The quantitative estimate of drug-likeness (QED) is 0.428. The number of nitrogen functional groups attached to an aromatic ring is 1. The van der Waals surface area contributed by atoms with Crippen LogP contribution in [-0.4, -0.2) is 40.4 Å². The van der Waals surface area contributed by atoms with Crippen LogP contribution in [0.3, 0.4) is 0 Å². The van der Waals surface area contributed by atoms with Crippen LogP contribution in [0.25, 0.3) is 33.5 Å². The van der Waals surface area contributed by atoms with Crippen LogP contribution >= 0.6 is 0 Å². The molecule has 0 saturated heterocycles. The SMILES string of the molecule is Cc1cc(-c2nc(N)nc3c2ccn3CC(=O)Nc2ccc(-c3cnccn3)cn2)ccn1. The maximum atomic E-state index is 12.7. The van der Waals surface area contributed by atoms with Gasteiger partial charge >= 0.3 is 0 Å². The topological polar surface area (TPSA) is 137 Å². The fourth-order valence-electron chi connectivity index (χ4n) is 3.53. The fourth-order valence-corrected chi connectivity index (χ4v) is 3.53. The first-order valence-electron chi connectivity index (χ1n) is 10.1. The van der Waals surface area contributed by atoms with Crippen molar-refractivity contribution >= 4 is 28.7 Å². The third kappa shape index (κ3) is 4.22. The molecule has 0 radical (unpaired) electrons. The maximum absolute atomic E-state index is 12.7. The summed E-state index contributed by atoms with van der Waals surface area (Å²) in [6, 6.07) is 9.23. The van der Waals surface area contributed by atoms with E-state index in [2.05, 4.69) is 35.2 Å². The highest BCUT2D eigenvalue weighted by Gasteiger charge is 2.15. The summed E-state index contributed by atoms with van der Waals surface area (Å²) in [6.45, 7) is 1.96. The Labute approximate surface area is 188 Å². The van der Waals surface area contributed by atoms with Crippen LogP contribution in [0.4, 0.5) is 11.8 Å². The Balaban J connectivity index is 1.37. The number of anilines is 2. The highest BCUT2D eigenvalue weighted by molar-refractivity contribution is 5.94. The fraction of sp³-hybridized carbons (Fsp3) is 0.0870. The van der Waals surface area contributed by atoms with Gasteiger partial charge in [0.25, 0.3) is 0 Å². The molecule has 0 aromatic carbocycles. The molecule has 162 valence electrons. The van der Waals surface area contributed by atoms with E-state index >= 15 is 0 Å². The highest BCUT2D eigenvalue weighted by Crippen LogP contribution is 2.27. The van der Waals surface area contributed by atoms with E-state index in [9.17, 15) is 4.79 Å². The molecule has 33 heavy (non-hydrogen) atoms. The molecule has 0 aliphatic carbocycles. The third-order valence-electron chi connectivity index (χ3n) is 5.01. The number of aryl methyl sites for hydroxylation is 1. The zero-order valence-electron chi connectivity index (χ0n) is 17.7. The minimum atomic E-state index is -0.245. The normalized spacial score (nSPS) is 10.9. The third-order valence-corrected chi connectivity index (χ3v) is 5.01. The van der Waals surface area contributed by atoms with E-state index in [1.807, 2.05) is 31.2 Å². The first kappa shape index (κ1) is 20.2. The summed E-state index contributed by atoms with van der Waals surface area (Å²) in [7, 11) is 0. The van der Waals surface area contributed by atoms with Crippen LogP contribution in [0.5, 0.6) is 0 Å². The van der Waals surface area contributed by atoms with Crippen LogP contribution in [0.1, 0.15) is 5.69 Å². The number of nitrogens with zero attached hydrogens (tertiary/aromatic N) is 7. The summed E-state index contributed by atoms with van der Waals surface area (Å²) in [5, 5.41) is 3.60. The van der Waals surface area contributed by atoms with Crippen LogP contribution < -0.4 is 11.1 Å². The molecule has 5 aromatic heterocycles. The number of carbonyl (C=O) groups is 1. The Morgan fingerprint density at radius 3 is 2.67 bits per heavy atom.